The van der Waals surface area contributed by atoms with Crippen molar-refractivity contribution in [3.63, 3.8) is 0 Å². The predicted molar refractivity (Wildman–Crippen MR) is 96.6 cm³/mol. The quantitative estimate of drug-likeness (QED) is 0.770. The van der Waals surface area contributed by atoms with E-state index in [9.17, 15) is 9.59 Å². The van der Waals surface area contributed by atoms with Gasteiger partial charge in [-0.2, -0.15) is 5.10 Å². The van der Waals surface area contributed by atoms with Crippen molar-refractivity contribution in [3.05, 3.63) is 69.3 Å². The molecule has 0 saturated carbocycles. The zero-order chi connectivity index (χ0) is 17.1. The third-order valence-electron chi connectivity index (χ3n) is 3.44. The van der Waals surface area contributed by atoms with E-state index in [0.29, 0.717) is 16.4 Å². The molecule has 1 unspecified atom stereocenters. The lowest BCUT2D eigenvalue weighted by molar-refractivity contribution is -0.119. The summed E-state index contributed by atoms with van der Waals surface area (Å²) in [5.74, 6) is -0.338. The van der Waals surface area contributed by atoms with Gasteiger partial charge in [-0.25, -0.2) is 4.68 Å². The van der Waals surface area contributed by atoms with Crippen LogP contribution in [0.2, 0.25) is 5.02 Å². The van der Waals surface area contributed by atoms with Crippen LogP contribution in [0.5, 0.6) is 0 Å². The summed E-state index contributed by atoms with van der Waals surface area (Å²) in [4.78, 5) is 25.5. The molecule has 2 heterocycles. The average molecular weight is 360 g/mol. The number of benzene rings is 1. The molecule has 0 saturated heterocycles. The second-order valence-corrected chi connectivity index (χ2v) is 6.54. The molecule has 0 aliphatic heterocycles. The molecule has 1 N–H and O–H groups in total. The Bertz CT molecular complexity index is 922. The topological polar surface area (TPSA) is 64.0 Å². The molecule has 0 spiro atoms. The Morgan fingerprint density at radius 1 is 1.25 bits per heavy atom. The van der Waals surface area contributed by atoms with E-state index in [2.05, 4.69) is 10.4 Å². The lowest BCUT2D eigenvalue weighted by atomic mass is 10.2. The number of carbonyl (C=O) groups is 1. The second-order valence-electron chi connectivity index (χ2n) is 5.15. The maximum absolute atomic E-state index is 12.4. The molecule has 0 aliphatic rings. The summed E-state index contributed by atoms with van der Waals surface area (Å²) in [5, 5.41) is 9.52. The maximum Gasteiger partial charge on any atom is 0.267 e. The minimum atomic E-state index is -0.753. The van der Waals surface area contributed by atoms with Crippen molar-refractivity contribution >= 4 is 34.5 Å². The average Bonchev–Trinajstić information content (AvgIpc) is 3.09. The summed E-state index contributed by atoms with van der Waals surface area (Å²) < 4.78 is 1.19. The molecule has 24 heavy (non-hydrogen) atoms. The van der Waals surface area contributed by atoms with Crippen LogP contribution in [0.3, 0.4) is 0 Å². The first-order chi connectivity index (χ1) is 11.5. The van der Waals surface area contributed by atoms with Crippen LogP contribution in [-0.2, 0) is 4.79 Å². The molecule has 0 aliphatic carbocycles. The molecular weight excluding hydrogens is 346 g/mol. The third-order valence-corrected chi connectivity index (χ3v) is 4.56. The van der Waals surface area contributed by atoms with Crippen molar-refractivity contribution in [1.82, 2.24) is 9.78 Å². The van der Waals surface area contributed by atoms with E-state index in [-0.39, 0.29) is 11.5 Å². The van der Waals surface area contributed by atoms with E-state index < -0.39 is 6.04 Å². The van der Waals surface area contributed by atoms with Crippen LogP contribution in [0, 0.1) is 0 Å². The van der Waals surface area contributed by atoms with Crippen LogP contribution in [0.15, 0.2) is 58.7 Å². The molecule has 0 radical (unpaired) electrons. The van der Waals surface area contributed by atoms with Crippen LogP contribution in [-0.4, -0.2) is 15.7 Å². The number of carbonyl (C=O) groups excluding carboxylic acids is 1. The van der Waals surface area contributed by atoms with Gasteiger partial charge in [0.05, 0.1) is 4.88 Å². The number of amides is 1. The molecule has 3 aromatic rings. The van der Waals surface area contributed by atoms with Crippen molar-refractivity contribution in [2.75, 3.05) is 5.32 Å². The van der Waals surface area contributed by atoms with Gasteiger partial charge in [0, 0.05) is 16.8 Å². The molecule has 1 aromatic carbocycles. The van der Waals surface area contributed by atoms with E-state index in [1.54, 1.807) is 37.3 Å². The first-order valence-corrected chi connectivity index (χ1v) is 8.50. The van der Waals surface area contributed by atoms with Gasteiger partial charge in [-0.3, -0.25) is 9.59 Å². The van der Waals surface area contributed by atoms with Crippen molar-refractivity contribution in [2.45, 2.75) is 13.0 Å². The van der Waals surface area contributed by atoms with Crippen molar-refractivity contribution < 1.29 is 4.79 Å². The summed E-state index contributed by atoms with van der Waals surface area (Å²) >= 11 is 7.43. The maximum atomic E-state index is 12.4. The summed E-state index contributed by atoms with van der Waals surface area (Å²) in [5.41, 5.74) is 0.901. The number of rotatable bonds is 4. The molecule has 1 atom stereocenters. The molecule has 5 nitrogen and oxygen atoms in total. The fraction of sp³-hybridized carbons (Fsp3) is 0.118. The molecule has 0 bridgehead atoms. The van der Waals surface area contributed by atoms with Gasteiger partial charge in [0.1, 0.15) is 11.7 Å². The van der Waals surface area contributed by atoms with Gasteiger partial charge in [0.2, 0.25) is 5.91 Å². The zero-order valence-corrected chi connectivity index (χ0v) is 14.3. The molecule has 2 aromatic heterocycles. The summed E-state index contributed by atoms with van der Waals surface area (Å²) in [6.07, 6.45) is 0. The number of hydrogen-bond donors (Lipinski definition) is 1. The highest BCUT2D eigenvalue weighted by Gasteiger charge is 2.18. The first-order valence-electron chi connectivity index (χ1n) is 7.25. The Hall–Kier alpha value is -2.44. The van der Waals surface area contributed by atoms with Crippen molar-refractivity contribution in [2.24, 2.45) is 0 Å². The molecule has 7 heteroatoms. The Morgan fingerprint density at radius 2 is 2.08 bits per heavy atom. The Labute approximate surface area is 147 Å². The van der Waals surface area contributed by atoms with Gasteiger partial charge in [0.15, 0.2) is 0 Å². The molecule has 0 fully saturated rings. The number of nitrogens with one attached hydrogen (secondary N) is 1. The highest BCUT2D eigenvalue weighted by Crippen LogP contribution is 2.22. The lowest BCUT2D eigenvalue weighted by Gasteiger charge is -2.14. The van der Waals surface area contributed by atoms with E-state index in [1.165, 1.54) is 22.1 Å². The SMILES string of the molecule is CC(C(=O)Nc1cccc(Cl)c1)n1nc(-c2cccs2)ccc1=O. The summed E-state index contributed by atoms with van der Waals surface area (Å²) in [6.45, 7) is 1.63. The Morgan fingerprint density at radius 3 is 2.79 bits per heavy atom. The number of aromatic nitrogens is 2. The monoisotopic (exact) mass is 359 g/mol. The van der Waals surface area contributed by atoms with Crippen LogP contribution >= 0.6 is 22.9 Å². The molecule has 3 rings (SSSR count). The van der Waals surface area contributed by atoms with Gasteiger partial charge in [-0.05, 0) is 42.6 Å². The van der Waals surface area contributed by atoms with E-state index in [1.807, 2.05) is 17.5 Å². The first kappa shape index (κ1) is 16.4. The van der Waals surface area contributed by atoms with E-state index in [0.717, 1.165) is 4.88 Å². The third kappa shape index (κ3) is 3.55. The zero-order valence-electron chi connectivity index (χ0n) is 12.8. The van der Waals surface area contributed by atoms with Gasteiger partial charge in [-0.1, -0.05) is 23.7 Å². The summed E-state index contributed by atoms with van der Waals surface area (Å²) in [6, 6.07) is 13.0. The Kier molecular flexibility index (Phi) is 4.78. The van der Waals surface area contributed by atoms with Gasteiger partial charge in [0.25, 0.3) is 5.56 Å². The standard InChI is InChI=1S/C17H14ClN3O2S/c1-11(17(23)19-13-5-2-4-12(18)10-13)21-16(22)8-7-14(20-21)15-6-3-9-24-15/h2-11H,1H3,(H,19,23). The van der Waals surface area contributed by atoms with Gasteiger partial charge < -0.3 is 5.32 Å². The van der Waals surface area contributed by atoms with Crippen molar-refractivity contribution in [1.29, 1.82) is 0 Å². The predicted octanol–water partition coefficient (Wildman–Crippen LogP) is 3.82. The fourth-order valence-electron chi connectivity index (χ4n) is 2.18. The fourth-order valence-corrected chi connectivity index (χ4v) is 3.06. The van der Waals surface area contributed by atoms with E-state index >= 15 is 0 Å². The molecule has 122 valence electrons. The van der Waals surface area contributed by atoms with Crippen LogP contribution in [0.25, 0.3) is 10.6 Å². The normalized spacial score (nSPS) is 11.9. The minimum Gasteiger partial charge on any atom is -0.324 e. The number of hydrogen-bond acceptors (Lipinski definition) is 4. The van der Waals surface area contributed by atoms with Gasteiger partial charge >= 0.3 is 0 Å². The Balaban J connectivity index is 1.86. The van der Waals surface area contributed by atoms with Gasteiger partial charge in [-0.15, -0.1) is 11.3 Å². The smallest absolute Gasteiger partial charge is 0.267 e. The number of thiophene rings is 1. The number of anilines is 1. The highest BCUT2D eigenvalue weighted by molar-refractivity contribution is 7.13. The highest BCUT2D eigenvalue weighted by atomic mass is 35.5. The largest absolute Gasteiger partial charge is 0.324 e. The molecule has 1 amide bonds. The van der Waals surface area contributed by atoms with Crippen LogP contribution < -0.4 is 10.9 Å². The van der Waals surface area contributed by atoms with Crippen molar-refractivity contribution in [3.8, 4) is 10.6 Å². The van der Waals surface area contributed by atoms with E-state index in [4.69, 9.17) is 11.6 Å². The second kappa shape index (κ2) is 6.98. The number of nitrogens with zero attached hydrogens (tertiary/aromatic N) is 2. The minimum absolute atomic E-state index is 0.330. The lowest BCUT2D eigenvalue weighted by Crippen LogP contribution is -2.33. The molecular formula is C17H14ClN3O2S. The van der Waals surface area contributed by atoms with Crippen LogP contribution in [0.1, 0.15) is 13.0 Å². The number of halogens is 1. The summed E-state index contributed by atoms with van der Waals surface area (Å²) in [7, 11) is 0. The van der Waals surface area contributed by atoms with Crippen LogP contribution in [0.4, 0.5) is 5.69 Å².